The van der Waals surface area contributed by atoms with Gasteiger partial charge in [0.05, 0.1) is 0 Å². The van der Waals surface area contributed by atoms with Crippen LogP contribution in [0.5, 0.6) is 0 Å². The fraction of sp³-hybridized carbons (Fsp3) is 1.00. The van der Waals surface area contributed by atoms with Gasteiger partial charge < -0.3 is 4.90 Å². The lowest BCUT2D eigenvalue weighted by Gasteiger charge is -2.33. The van der Waals surface area contributed by atoms with Crippen molar-refractivity contribution in [3.8, 4) is 0 Å². The first kappa shape index (κ1) is 13.0. The van der Waals surface area contributed by atoms with Gasteiger partial charge in [-0.15, -0.1) is 0 Å². The zero-order valence-electron chi connectivity index (χ0n) is 10.1. The summed E-state index contributed by atoms with van der Waals surface area (Å²) in [5.41, 5.74) is 0. The summed E-state index contributed by atoms with van der Waals surface area (Å²) in [4.78, 5) is 2.38. The van der Waals surface area contributed by atoms with Gasteiger partial charge in [0.2, 0.25) is 0 Å². The topological polar surface area (TPSA) is 3.24 Å². The van der Waals surface area contributed by atoms with Crippen LogP contribution in [-0.2, 0) is 0 Å². The van der Waals surface area contributed by atoms with Gasteiger partial charge in [-0.05, 0) is 32.9 Å². The van der Waals surface area contributed by atoms with Crippen molar-refractivity contribution >= 4 is 0 Å². The molecule has 1 heteroatoms. The quantitative estimate of drug-likeness (QED) is 0.604. The molecule has 13 heavy (non-hydrogen) atoms. The van der Waals surface area contributed by atoms with Crippen LogP contribution in [0.15, 0.2) is 0 Å². The third kappa shape index (κ3) is 5.30. The monoisotopic (exact) mass is 185 g/mol. The lowest BCUT2D eigenvalue weighted by Crippen LogP contribution is -2.36. The van der Waals surface area contributed by atoms with Crippen LogP contribution in [0.25, 0.3) is 0 Å². The lowest BCUT2D eigenvalue weighted by molar-refractivity contribution is 0.167. The van der Waals surface area contributed by atoms with Gasteiger partial charge in [-0.3, -0.25) is 0 Å². The molecule has 0 aromatic carbocycles. The van der Waals surface area contributed by atoms with Gasteiger partial charge in [0.25, 0.3) is 0 Å². The maximum absolute atomic E-state index is 2.38. The van der Waals surface area contributed by atoms with Gasteiger partial charge in [-0.2, -0.15) is 0 Å². The Morgan fingerprint density at radius 1 is 1.08 bits per heavy atom. The first-order valence-electron chi connectivity index (χ1n) is 5.79. The molecule has 0 unspecified atom stereocenters. The second kappa shape index (κ2) is 7.37. The molecule has 2 atom stereocenters. The molecule has 0 spiro atoms. The summed E-state index contributed by atoms with van der Waals surface area (Å²) in [7, 11) is 4.40. The van der Waals surface area contributed by atoms with E-state index in [2.05, 4.69) is 39.8 Å². The highest BCUT2D eigenvalue weighted by atomic mass is 15.1. The van der Waals surface area contributed by atoms with Crippen molar-refractivity contribution in [3.05, 3.63) is 0 Å². The number of rotatable bonds is 1. The maximum atomic E-state index is 2.38. The van der Waals surface area contributed by atoms with E-state index in [9.17, 15) is 0 Å². The molecular weight excluding hydrogens is 158 g/mol. The highest BCUT2D eigenvalue weighted by molar-refractivity contribution is 4.77. The van der Waals surface area contributed by atoms with E-state index in [1.54, 1.807) is 0 Å². The summed E-state index contributed by atoms with van der Waals surface area (Å²) in [6.07, 6.45) is 6.98. The molecule has 0 amide bonds. The van der Waals surface area contributed by atoms with Crippen LogP contribution >= 0.6 is 0 Å². The molecule has 0 radical (unpaired) electrons. The van der Waals surface area contributed by atoms with Gasteiger partial charge >= 0.3 is 0 Å². The van der Waals surface area contributed by atoms with Gasteiger partial charge in [0.15, 0.2) is 0 Å². The third-order valence-corrected chi connectivity index (χ3v) is 2.73. The normalized spacial score (nSPS) is 28.2. The largest absolute Gasteiger partial charge is 0.306 e. The smallest absolute Gasteiger partial charge is 0.0115 e. The highest BCUT2D eigenvalue weighted by Crippen LogP contribution is 2.26. The van der Waals surface area contributed by atoms with Gasteiger partial charge in [-0.25, -0.2) is 0 Å². The molecule has 1 aliphatic carbocycles. The van der Waals surface area contributed by atoms with Gasteiger partial charge in [-0.1, -0.05) is 40.0 Å². The van der Waals surface area contributed by atoms with E-state index in [-0.39, 0.29) is 0 Å². The molecule has 1 aliphatic rings. The van der Waals surface area contributed by atoms with E-state index >= 15 is 0 Å². The average molecular weight is 185 g/mol. The van der Waals surface area contributed by atoms with E-state index in [0.29, 0.717) is 0 Å². The van der Waals surface area contributed by atoms with Crippen LogP contribution < -0.4 is 0 Å². The zero-order valence-corrected chi connectivity index (χ0v) is 10.1. The van der Waals surface area contributed by atoms with E-state index in [1.165, 1.54) is 32.1 Å². The molecule has 0 heterocycles. The Kier molecular flexibility index (Phi) is 7.35. The maximum Gasteiger partial charge on any atom is 0.0115 e. The molecule has 1 rings (SSSR count). The van der Waals surface area contributed by atoms with Crippen LogP contribution in [0.3, 0.4) is 0 Å². The van der Waals surface area contributed by atoms with Gasteiger partial charge in [0, 0.05) is 6.04 Å². The average Bonchev–Trinajstić information content (AvgIpc) is 2.06. The summed E-state index contributed by atoms with van der Waals surface area (Å²) in [5.74, 6) is 0.920. The van der Waals surface area contributed by atoms with Crippen molar-refractivity contribution in [2.75, 3.05) is 14.1 Å². The molecule has 80 valence electrons. The summed E-state index contributed by atoms with van der Waals surface area (Å²) in [6, 6.07) is 0.855. The SMILES string of the molecule is CCC.C[C@H]1CCCC[C@@H]1N(C)C. The van der Waals surface area contributed by atoms with Crippen molar-refractivity contribution in [1.82, 2.24) is 4.90 Å². The van der Waals surface area contributed by atoms with Crippen molar-refractivity contribution < 1.29 is 0 Å². The highest BCUT2D eigenvalue weighted by Gasteiger charge is 2.22. The third-order valence-electron chi connectivity index (χ3n) is 2.73. The Hall–Kier alpha value is -0.0400. The Bertz CT molecular complexity index is 110. The first-order valence-corrected chi connectivity index (χ1v) is 5.79. The van der Waals surface area contributed by atoms with Crippen molar-refractivity contribution in [2.24, 2.45) is 5.92 Å². The minimum Gasteiger partial charge on any atom is -0.306 e. The van der Waals surface area contributed by atoms with Gasteiger partial charge in [0.1, 0.15) is 0 Å². The Balaban J connectivity index is 0.000000424. The van der Waals surface area contributed by atoms with Crippen LogP contribution in [0, 0.1) is 5.92 Å². The van der Waals surface area contributed by atoms with Crippen LogP contribution in [0.4, 0.5) is 0 Å². The minimum atomic E-state index is 0.855. The van der Waals surface area contributed by atoms with Crippen LogP contribution in [0.2, 0.25) is 0 Å². The summed E-state index contributed by atoms with van der Waals surface area (Å²) in [5, 5.41) is 0. The van der Waals surface area contributed by atoms with E-state index < -0.39 is 0 Å². The summed E-state index contributed by atoms with van der Waals surface area (Å²) >= 11 is 0. The second-order valence-corrected chi connectivity index (χ2v) is 4.50. The molecule has 0 saturated heterocycles. The summed E-state index contributed by atoms with van der Waals surface area (Å²) in [6.45, 7) is 6.63. The molecule has 0 bridgehead atoms. The zero-order chi connectivity index (χ0) is 10.3. The van der Waals surface area contributed by atoms with Crippen LogP contribution in [-0.4, -0.2) is 25.0 Å². The van der Waals surface area contributed by atoms with Crippen molar-refractivity contribution in [1.29, 1.82) is 0 Å². The molecule has 0 aromatic heterocycles. The predicted octanol–water partition coefficient (Wildman–Crippen LogP) is 3.54. The van der Waals surface area contributed by atoms with Crippen molar-refractivity contribution in [3.63, 3.8) is 0 Å². The van der Waals surface area contributed by atoms with E-state index in [0.717, 1.165) is 12.0 Å². The predicted molar refractivity (Wildman–Crippen MR) is 61.1 cm³/mol. The molecule has 1 fully saturated rings. The Labute approximate surface area is 84.5 Å². The fourth-order valence-corrected chi connectivity index (χ4v) is 2.06. The molecular formula is C12H27N. The first-order chi connectivity index (χ1) is 6.13. The van der Waals surface area contributed by atoms with E-state index in [4.69, 9.17) is 0 Å². The molecule has 0 aromatic rings. The van der Waals surface area contributed by atoms with Crippen molar-refractivity contribution in [2.45, 2.75) is 58.9 Å². The summed E-state index contributed by atoms with van der Waals surface area (Å²) < 4.78 is 0. The molecule has 0 aliphatic heterocycles. The Morgan fingerprint density at radius 2 is 1.54 bits per heavy atom. The molecule has 1 nitrogen and oxygen atoms in total. The van der Waals surface area contributed by atoms with Crippen LogP contribution in [0.1, 0.15) is 52.9 Å². The van der Waals surface area contributed by atoms with E-state index in [1.807, 2.05) is 0 Å². The lowest BCUT2D eigenvalue weighted by atomic mass is 9.85. The Morgan fingerprint density at radius 3 is 1.85 bits per heavy atom. The number of hydrogen-bond donors (Lipinski definition) is 0. The molecule has 0 N–H and O–H groups in total. The number of hydrogen-bond acceptors (Lipinski definition) is 1. The molecule has 1 saturated carbocycles. The second-order valence-electron chi connectivity index (χ2n) is 4.50. The standard InChI is InChI=1S/C9H19N.C3H8/c1-8-6-4-5-7-9(8)10(2)3;1-3-2/h8-9H,4-7H2,1-3H3;3H2,1-2H3/t8-,9-;/m0./s1. The number of nitrogens with zero attached hydrogens (tertiary/aromatic N) is 1. The minimum absolute atomic E-state index is 0.855. The fourth-order valence-electron chi connectivity index (χ4n) is 2.06.